The molecule has 0 radical (unpaired) electrons. The lowest BCUT2D eigenvalue weighted by atomic mass is 9.87. The molecule has 1 aromatic heterocycles. The van der Waals surface area contributed by atoms with Crippen molar-refractivity contribution < 1.29 is 10.0 Å². The van der Waals surface area contributed by atoms with Crippen molar-refractivity contribution in [1.82, 2.24) is 4.98 Å². The molecule has 1 aliphatic carbocycles. The van der Waals surface area contributed by atoms with Crippen molar-refractivity contribution in [3.8, 4) is 0 Å². The van der Waals surface area contributed by atoms with Crippen molar-refractivity contribution in [3.63, 3.8) is 0 Å². The zero-order valence-corrected chi connectivity index (χ0v) is 10.1. The maximum atomic E-state index is 10.8. The second-order valence-corrected chi connectivity index (χ2v) is 4.85. The van der Waals surface area contributed by atoms with Gasteiger partial charge >= 0.3 is 5.82 Å². The first-order valence-corrected chi connectivity index (χ1v) is 6.11. The first kappa shape index (κ1) is 12.8. The number of hydrogen-bond donors (Lipinski definition) is 2. The Morgan fingerprint density at radius 2 is 2.22 bits per heavy atom. The van der Waals surface area contributed by atoms with Crippen LogP contribution in [0.3, 0.4) is 0 Å². The van der Waals surface area contributed by atoms with E-state index in [1.165, 1.54) is 6.20 Å². The van der Waals surface area contributed by atoms with Crippen molar-refractivity contribution >= 4 is 11.5 Å². The van der Waals surface area contributed by atoms with Crippen LogP contribution in [0.5, 0.6) is 0 Å². The van der Waals surface area contributed by atoms with Crippen LogP contribution in [0.2, 0.25) is 0 Å². The average molecular weight is 251 g/mol. The van der Waals surface area contributed by atoms with Gasteiger partial charge in [-0.05, 0) is 34.9 Å². The van der Waals surface area contributed by atoms with Crippen LogP contribution >= 0.6 is 0 Å². The Bertz CT molecular complexity index is 430. The van der Waals surface area contributed by atoms with Crippen LogP contribution in [0.15, 0.2) is 18.3 Å². The van der Waals surface area contributed by atoms with Gasteiger partial charge in [0.05, 0.1) is 6.61 Å². The van der Waals surface area contributed by atoms with Gasteiger partial charge in [-0.25, -0.2) is 0 Å². The summed E-state index contributed by atoms with van der Waals surface area (Å²) < 4.78 is 0. The fourth-order valence-electron chi connectivity index (χ4n) is 2.48. The van der Waals surface area contributed by atoms with E-state index < -0.39 is 4.92 Å². The van der Waals surface area contributed by atoms with Crippen LogP contribution in [-0.4, -0.2) is 28.2 Å². The summed E-state index contributed by atoms with van der Waals surface area (Å²) in [6.07, 6.45) is 5.55. The Kier molecular flexibility index (Phi) is 3.76. The minimum absolute atomic E-state index is 0.119. The minimum atomic E-state index is -0.497. The summed E-state index contributed by atoms with van der Waals surface area (Å²) in [5.74, 6) is -0.163. The van der Waals surface area contributed by atoms with Gasteiger partial charge in [-0.1, -0.05) is 12.8 Å². The molecular formula is C12H17N3O3. The fraction of sp³-hybridized carbons (Fsp3) is 0.583. The highest BCUT2D eigenvalue weighted by atomic mass is 16.6. The standard InChI is InChI=1S/C12H17N3O3/c16-9-12(5-1-2-6-12)8-14-10-4-3-7-13-11(10)15(17)18/h3-4,7,14,16H,1-2,5-6,8-9H2. The monoisotopic (exact) mass is 251 g/mol. The largest absolute Gasteiger partial charge is 0.396 e. The van der Waals surface area contributed by atoms with E-state index in [2.05, 4.69) is 10.3 Å². The molecule has 0 unspecified atom stereocenters. The van der Waals surface area contributed by atoms with E-state index in [0.29, 0.717) is 12.2 Å². The van der Waals surface area contributed by atoms with E-state index in [1.807, 2.05) is 0 Å². The number of aromatic nitrogens is 1. The summed E-state index contributed by atoms with van der Waals surface area (Å²) in [4.78, 5) is 14.1. The molecule has 0 atom stereocenters. The predicted molar refractivity (Wildman–Crippen MR) is 67.4 cm³/mol. The van der Waals surface area contributed by atoms with Crippen LogP contribution in [0.1, 0.15) is 25.7 Å². The van der Waals surface area contributed by atoms with Crippen molar-refractivity contribution in [2.45, 2.75) is 25.7 Å². The van der Waals surface area contributed by atoms with Crippen LogP contribution in [0.25, 0.3) is 0 Å². The van der Waals surface area contributed by atoms with E-state index in [1.54, 1.807) is 12.1 Å². The zero-order chi connectivity index (χ0) is 13.0. The third-order valence-electron chi connectivity index (χ3n) is 3.61. The van der Waals surface area contributed by atoms with Crippen molar-refractivity contribution in [2.24, 2.45) is 5.41 Å². The molecule has 0 saturated heterocycles. The van der Waals surface area contributed by atoms with Gasteiger partial charge in [-0.3, -0.25) is 0 Å². The van der Waals surface area contributed by atoms with Gasteiger partial charge in [-0.2, -0.15) is 0 Å². The molecule has 2 N–H and O–H groups in total. The number of nitrogens with zero attached hydrogens (tertiary/aromatic N) is 2. The second-order valence-electron chi connectivity index (χ2n) is 4.85. The third kappa shape index (κ3) is 2.59. The first-order chi connectivity index (χ1) is 8.67. The molecule has 0 amide bonds. The van der Waals surface area contributed by atoms with Crippen LogP contribution in [0, 0.1) is 15.5 Å². The van der Waals surface area contributed by atoms with Crippen LogP contribution < -0.4 is 5.32 Å². The van der Waals surface area contributed by atoms with Gasteiger partial charge in [-0.15, -0.1) is 0 Å². The highest BCUT2D eigenvalue weighted by Gasteiger charge is 2.33. The molecule has 1 aromatic rings. The van der Waals surface area contributed by atoms with Gasteiger partial charge < -0.3 is 20.5 Å². The Balaban J connectivity index is 2.08. The highest BCUT2D eigenvalue weighted by molar-refractivity contribution is 5.56. The summed E-state index contributed by atoms with van der Waals surface area (Å²) in [6, 6.07) is 3.31. The quantitative estimate of drug-likeness (QED) is 0.616. The van der Waals surface area contributed by atoms with E-state index in [9.17, 15) is 15.2 Å². The van der Waals surface area contributed by atoms with E-state index in [0.717, 1.165) is 25.7 Å². The molecule has 0 bridgehead atoms. The minimum Gasteiger partial charge on any atom is -0.396 e. The lowest BCUT2D eigenvalue weighted by molar-refractivity contribution is -0.388. The fourth-order valence-corrected chi connectivity index (χ4v) is 2.48. The Hall–Kier alpha value is -1.69. The summed E-state index contributed by atoms with van der Waals surface area (Å²) in [5, 5.41) is 23.4. The number of nitrogens with one attached hydrogen (secondary N) is 1. The molecule has 6 heteroatoms. The Morgan fingerprint density at radius 3 is 2.83 bits per heavy atom. The molecule has 98 valence electrons. The number of pyridine rings is 1. The maximum Gasteiger partial charge on any atom is 0.386 e. The van der Waals surface area contributed by atoms with Crippen LogP contribution in [0.4, 0.5) is 11.5 Å². The molecule has 0 aromatic carbocycles. The summed E-state index contributed by atoms with van der Waals surface area (Å²) in [5.41, 5.74) is 0.284. The number of aliphatic hydroxyl groups excluding tert-OH is 1. The zero-order valence-electron chi connectivity index (χ0n) is 10.1. The first-order valence-electron chi connectivity index (χ1n) is 6.11. The molecule has 1 fully saturated rings. The Labute approximate surface area is 105 Å². The van der Waals surface area contributed by atoms with Crippen molar-refractivity contribution in [1.29, 1.82) is 0 Å². The number of nitro groups is 1. The number of aliphatic hydroxyl groups is 1. The van der Waals surface area contributed by atoms with Gasteiger partial charge in [0.15, 0.2) is 0 Å². The van der Waals surface area contributed by atoms with Crippen molar-refractivity contribution in [2.75, 3.05) is 18.5 Å². The summed E-state index contributed by atoms with van der Waals surface area (Å²) >= 11 is 0. The maximum absolute atomic E-state index is 10.8. The number of rotatable bonds is 5. The molecule has 1 aliphatic rings. The lowest BCUT2D eigenvalue weighted by Crippen LogP contribution is -2.30. The molecule has 6 nitrogen and oxygen atoms in total. The smallest absolute Gasteiger partial charge is 0.386 e. The summed E-state index contributed by atoms with van der Waals surface area (Å²) in [6.45, 7) is 0.671. The summed E-state index contributed by atoms with van der Waals surface area (Å²) in [7, 11) is 0. The van der Waals surface area contributed by atoms with Gasteiger partial charge in [0.1, 0.15) is 11.9 Å². The van der Waals surface area contributed by atoms with Crippen molar-refractivity contribution in [3.05, 3.63) is 28.4 Å². The molecular weight excluding hydrogens is 234 g/mol. The topological polar surface area (TPSA) is 88.3 Å². The van der Waals surface area contributed by atoms with Gasteiger partial charge in [0.25, 0.3) is 0 Å². The normalized spacial score (nSPS) is 17.6. The van der Waals surface area contributed by atoms with E-state index in [-0.39, 0.29) is 17.8 Å². The van der Waals surface area contributed by atoms with Gasteiger partial charge in [0.2, 0.25) is 0 Å². The molecule has 1 heterocycles. The second kappa shape index (κ2) is 5.30. The average Bonchev–Trinajstić information content (AvgIpc) is 2.86. The van der Waals surface area contributed by atoms with Gasteiger partial charge in [0, 0.05) is 12.0 Å². The molecule has 1 saturated carbocycles. The lowest BCUT2D eigenvalue weighted by Gasteiger charge is -2.26. The molecule has 0 aliphatic heterocycles. The number of hydrogen-bond acceptors (Lipinski definition) is 5. The highest BCUT2D eigenvalue weighted by Crippen LogP contribution is 2.38. The van der Waals surface area contributed by atoms with E-state index in [4.69, 9.17) is 0 Å². The molecule has 18 heavy (non-hydrogen) atoms. The SMILES string of the molecule is O=[N+]([O-])c1ncccc1NCC1(CO)CCCC1. The molecule has 0 spiro atoms. The molecule has 2 rings (SSSR count). The van der Waals surface area contributed by atoms with Crippen LogP contribution in [-0.2, 0) is 0 Å². The predicted octanol–water partition coefficient (Wildman–Crippen LogP) is 1.95. The Morgan fingerprint density at radius 1 is 1.50 bits per heavy atom. The van der Waals surface area contributed by atoms with E-state index >= 15 is 0 Å². The third-order valence-corrected chi connectivity index (χ3v) is 3.61. The number of anilines is 1.